The number of nitrogens with one attached hydrogen (secondary N) is 1. The fourth-order valence-corrected chi connectivity index (χ4v) is 0.772. The number of hydrogen-bond donors (Lipinski definition) is 2. The molecule has 0 aliphatic heterocycles. The van der Waals surface area contributed by atoms with Crippen LogP contribution in [-0.2, 0) is 19.1 Å². The van der Waals surface area contributed by atoms with E-state index in [1.54, 1.807) is 0 Å². The summed E-state index contributed by atoms with van der Waals surface area (Å²) in [6.07, 6.45) is 0. The molecule has 6 heteroatoms. The van der Waals surface area contributed by atoms with E-state index < -0.39 is 17.5 Å². The Morgan fingerprint density at radius 2 is 1.93 bits per heavy atom. The maximum atomic E-state index is 11.0. The van der Waals surface area contributed by atoms with Crippen LogP contribution in [0.5, 0.6) is 0 Å². The van der Waals surface area contributed by atoms with Crippen LogP contribution >= 0.6 is 0 Å². The highest BCUT2D eigenvalue weighted by molar-refractivity contribution is 5.79. The Kier molecular flexibility index (Phi) is 5.11. The highest BCUT2D eigenvalue weighted by atomic mass is 16.5. The molecule has 14 heavy (non-hydrogen) atoms. The topological polar surface area (TPSA) is 84.9 Å². The van der Waals surface area contributed by atoms with Gasteiger partial charge in [-0.25, -0.2) is 4.79 Å². The van der Waals surface area contributed by atoms with E-state index in [2.05, 4.69) is 14.8 Å². The fraction of sp³-hybridized carbons (Fsp3) is 0.750. The zero-order chi connectivity index (χ0) is 11.2. The van der Waals surface area contributed by atoms with Crippen LogP contribution in [0, 0.1) is 0 Å². The van der Waals surface area contributed by atoms with Gasteiger partial charge in [0.2, 0.25) is 0 Å². The first-order chi connectivity index (χ1) is 6.44. The Morgan fingerprint density at radius 1 is 1.36 bits per heavy atom. The molecule has 0 rings (SSSR count). The summed E-state index contributed by atoms with van der Waals surface area (Å²) in [5.74, 6) is -1.22. The molecular weight excluding hydrogens is 190 g/mol. The van der Waals surface area contributed by atoms with Crippen molar-refractivity contribution in [3.05, 3.63) is 0 Å². The number of carbonyl (C=O) groups excluding carboxylic acids is 2. The molecule has 1 unspecified atom stereocenters. The molecule has 0 heterocycles. The summed E-state index contributed by atoms with van der Waals surface area (Å²) in [4.78, 5) is 21.6. The van der Waals surface area contributed by atoms with Crippen LogP contribution in [0.15, 0.2) is 0 Å². The summed E-state index contributed by atoms with van der Waals surface area (Å²) in [6.45, 7) is 1.15. The van der Waals surface area contributed by atoms with E-state index in [1.807, 2.05) is 0 Å². The lowest BCUT2D eigenvalue weighted by Crippen LogP contribution is -2.46. The molecule has 0 aromatic carbocycles. The smallest absolute Gasteiger partial charge is 0.338 e. The molecule has 0 spiro atoms. The molecule has 2 N–H and O–H groups in total. The van der Waals surface area contributed by atoms with Gasteiger partial charge in [-0.1, -0.05) is 0 Å². The Labute approximate surface area is 82.2 Å². The molecule has 82 valence electrons. The molecule has 0 fully saturated rings. The number of hydrogen-bond acceptors (Lipinski definition) is 6. The van der Waals surface area contributed by atoms with Gasteiger partial charge in [-0.2, -0.15) is 0 Å². The lowest BCUT2D eigenvalue weighted by atomic mass is 10.1. The number of carbonyl (C=O) groups is 2. The van der Waals surface area contributed by atoms with Gasteiger partial charge in [-0.15, -0.1) is 0 Å². The zero-order valence-electron chi connectivity index (χ0n) is 8.49. The highest BCUT2D eigenvalue weighted by Crippen LogP contribution is 2.03. The third-order valence-electron chi connectivity index (χ3n) is 1.59. The van der Waals surface area contributed by atoms with Gasteiger partial charge in [-0.3, -0.25) is 4.79 Å². The number of aliphatic hydroxyl groups is 1. The van der Waals surface area contributed by atoms with Crippen LogP contribution in [0.1, 0.15) is 6.92 Å². The number of esters is 2. The van der Waals surface area contributed by atoms with Crippen molar-refractivity contribution < 1.29 is 24.2 Å². The van der Waals surface area contributed by atoms with E-state index >= 15 is 0 Å². The predicted octanol–water partition coefficient (Wildman–Crippen LogP) is -1.33. The average Bonchev–Trinajstić information content (AvgIpc) is 2.15. The second kappa shape index (κ2) is 5.56. The summed E-state index contributed by atoms with van der Waals surface area (Å²) in [6, 6.07) is 0. The van der Waals surface area contributed by atoms with Gasteiger partial charge in [0.15, 0.2) is 5.60 Å². The van der Waals surface area contributed by atoms with Crippen LogP contribution < -0.4 is 5.32 Å². The van der Waals surface area contributed by atoms with Gasteiger partial charge in [0, 0.05) is 6.54 Å². The highest BCUT2D eigenvalue weighted by Gasteiger charge is 2.30. The molecule has 1 atom stereocenters. The maximum absolute atomic E-state index is 11.0. The van der Waals surface area contributed by atoms with Crippen molar-refractivity contribution in [2.24, 2.45) is 0 Å². The summed E-state index contributed by atoms with van der Waals surface area (Å²) < 4.78 is 8.71. The first kappa shape index (κ1) is 12.9. The molecule has 0 radical (unpaired) electrons. The monoisotopic (exact) mass is 205 g/mol. The standard InChI is InChI=1S/C8H15NO5/c1-8(12,7(11)14-3)5-9-4-6(10)13-2/h9,12H,4-5H2,1-3H3. The number of methoxy groups -OCH3 is 2. The Morgan fingerprint density at radius 3 is 2.36 bits per heavy atom. The SMILES string of the molecule is COC(=O)CNCC(C)(O)C(=O)OC. The third-order valence-corrected chi connectivity index (χ3v) is 1.59. The second-order valence-electron chi connectivity index (χ2n) is 2.95. The number of ether oxygens (including phenoxy) is 2. The van der Waals surface area contributed by atoms with Gasteiger partial charge in [-0.05, 0) is 6.92 Å². The quantitative estimate of drug-likeness (QED) is 0.541. The minimum atomic E-state index is -1.64. The van der Waals surface area contributed by atoms with Crippen LogP contribution in [-0.4, -0.2) is 50.0 Å². The number of rotatable bonds is 5. The van der Waals surface area contributed by atoms with Crippen molar-refractivity contribution in [2.45, 2.75) is 12.5 Å². The summed E-state index contributed by atoms with van der Waals surface area (Å²) in [5.41, 5.74) is -1.64. The summed E-state index contributed by atoms with van der Waals surface area (Å²) in [5, 5.41) is 12.0. The van der Waals surface area contributed by atoms with Gasteiger partial charge >= 0.3 is 11.9 Å². The molecule has 6 nitrogen and oxygen atoms in total. The van der Waals surface area contributed by atoms with Crippen LogP contribution in [0.25, 0.3) is 0 Å². The van der Waals surface area contributed by atoms with Gasteiger partial charge in [0.05, 0.1) is 20.8 Å². The molecule has 0 saturated carbocycles. The molecular formula is C8H15NO5. The van der Waals surface area contributed by atoms with Crippen molar-refractivity contribution in [3.63, 3.8) is 0 Å². The Hall–Kier alpha value is -1.14. The maximum Gasteiger partial charge on any atom is 0.338 e. The van der Waals surface area contributed by atoms with Gasteiger partial charge in [0.1, 0.15) is 0 Å². The predicted molar refractivity (Wildman–Crippen MR) is 47.5 cm³/mol. The average molecular weight is 205 g/mol. The minimum Gasteiger partial charge on any atom is -0.468 e. The van der Waals surface area contributed by atoms with Crippen LogP contribution in [0.4, 0.5) is 0 Å². The third kappa shape index (κ3) is 4.20. The van der Waals surface area contributed by atoms with Crippen LogP contribution in [0.2, 0.25) is 0 Å². The van der Waals surface area contributed by atoms with Crippen LogP contribution in [0.3, 0.4) is 0 Å². The van der Waals surface area contributed by atoms with Gasteiger partial charge in [0.25, 0.3) is 0 Å². The molecule has 0 aliphatic rings. The van der Waals surface area contributed by atoms with Crippen molar-refractivity contribution in [1.29, 1.82) is 0 Å². The largest absolute Gasteiger partial charge is 0.468 e. The fourth-order valence-electron chi connectivity index (χ4n) is 0.772. The van der Waals surface area contributed by atoms with E-state index in [4.69, 9.17) is 0 Å². The molecule has 0 bridgehead atoms. The minimum absolute atomic E-state index is 0.0658. The van der Waals surface area contributed by atoms with E-state index in [0.717, 1.165) is 0 Å². The van der Waals surface area contributed by atoms with E-state index in [1.165, 1.54) is 21.1 Å². The lowest BCUT2D eigenvalue weighted by molar-refractivity contribution is -0.160. The normalized spacial score (nSPS) is 14.3. The van der Waals surface area contributed by atoms with E-state index in [0.29, 0.717) is 0 Å². The summed E-state index contributed by atoms with van der Waals surface area (Å²) >= 11 is 0. The molecule has 0 aliphatic carbocycles. The van der Waals surface area contributed by atoms with Crippen molar-refractivity contribution in [1.82, 2.24) is 5.32 Å². The lowest BCUT2D eigenvalue weighted by Gasteiger charge is -2.19. The first-order valence-electron chi connectivity index (χ1n) is 4.02. The Bertz CT molecular complexity index is 214. The molecule has 0 aromatic rings. The summed E-state index contributed by atoms with van der Waals surface area (Å²) in [7, 11) is 2.43. The molecule has 0 amide bonds. The first-order valence-corrected chi connectivity index (χ1v) is 4.02. The van der Waals surface area contributed by atoms with Gasteiger partial charge < -0.3 is 19.9 Å². The van der Waals surface area contributed by atoms with E-state index in [9.17, 15) is 14.7 Å². The second-order valence-corrected chi connectivity index (χ2v) is 2.95. The van der Waals surface area contributed by atoms with Crippen molar-refractivity contribution in [2.75, 3.05) is 27.3 Å². The molecule has 0 saturated heterocycles. The Balaban J connectivity index is 3.88. The van der Waals surface area contributed by atoms with Crippen molar-refractivity contribution in [3.8, 4) is 0 Å². The molecule has 0 aromatic heterocycles. The van der Waals surface area contributed by atoms with Crippen molar-refractivity contribution >= 4 is 11.9 Å². The zero-order valence-corrected chi connectivity index (χ0v) is 8.49. The van der Waals surface area contributed by atoms with E-state index in [-0.39, 0.29) is 13.1 Å².